The maximum atomic E-state index is 10.2. The summed E-state index contributed by atoms with van der Waals surface area (Å²) in [6, 6.07) is 7.61. The average molecular weight is 281 g/mol. The minimum absolute atomic E-state index is 0.249. The zero-order valence-corrected chi connectivity index (χ0v) is 13.0. The van der Waals surface area contributed by atoms with Gasteiger partial charge in [-0.25, -0.2) is 0 Å². The van der Waals surface area contributed by atoms with Gasteiger partial charge >= 0.3 is 0 Å². The number of nitrogens with zero attached hydrogens (tertiary/aromatic N) is 1. The molecule has 0 aromatic heterocycles. The second-order valence-electron chi connectivity index (χ2n) is 5.20. The molecule has 114 valence electrons. The van der Waals surface area contributed by atoms with Gasteiger partial charge in [0.2, 0.25) is 0 Å². The predicted molar refractivity (Wildman–Crippen MR) is 81.2 cm³/mol. The molecule has 0 saturated heterocycles. The van der Waals surface area contributed by atoms with Gasteiger partial charge in [0, 0.05) is 13.1 Å². The van der Waals surface area contributed by atoms with E-state index < -0.39 is 6.10 Å². The maximum Gasteiger partial charge on any atom is 0.119 e. The van der Waals surface area contributed by atoms with Crippen LogP contribution in [0.1, 0.15) is 32.4 Å². The van der Waals surface area contributed by atoms with E-state index in [-0.39, 0.29) is 6.10 Å². The van der Waals surface area contributed by atoms with Crippen molar-refractivity contribution in [1.82, 2.24) is 4.90 Å². The average Bonchev–Trinajstić information content (AvgIpc) is 2.39. The zero-order chi connectivity index (χ0) is 15.0. The van der Waals surface area contributed by atoms with Crippen LogP contribution < -0.4 is 4.74 Å². The molecule has 0 aliphatic heterocycles. The number of aliphatic hydroxyl groups is 1. The molecule has 1 rings (SSSR count). The van der Waals surface area contributed by atoms with Gasteiger partial charge in [-0.15, -0.1) is 0 Å². The van der Waals surface area contributed by atoms with E-state index in [1.54, 1.807) is 0 Å². The lowest BCUT2D eigenvalue weighted by Gasteiger charge is -2.21. The van der Waals surface area contributed by atoms with Crippen molar-refractivity contribution < 1.29 is 14.6 Å². The van der Waals surface area contributed by atoms with Crippen LogP contribution in [0, 0.1) is 0 Å². The first-order valence-electron chi connectivity index (χ1n) is 7.24. The number of benzene rings is 1. The van der Waals surface area contributed by atoms with E-state index in [2.05, 4.69) is 4.90 Å². The highest BCUT2D eigenvalue weighted by Gasteiger charge is 2.11. The second kappa shape index (κ2) is 8.95. The van der Waals surface area contributed by atoms with Crippen molar-refractivity contribution in [2.45, 2.75) is 33.0 Å². The van der Waals surface area contributed by atoms with Gasteiger partial charge in [-0.05, 0) is 45.5 Å². The molecule has 4 nitrogen and oxygen atoms in total. The van der Waals surface area contributed by atoms with Gasteiger partial charge in [-0.2, -0.15) is 0 Å². The van der Waals surface area contributed by atoms with Crippen LogP contribution in [0.5, 0.6) is 5.75 Å². The van der Waals surface area contributed by atoms with Gasteiger partial charge in [0.1, 0.15) is 5.75 Å². The first-order chi connectivity index (χ1) is 9.52. The third-order valence-electron chi connectivity index (χ3n) is 2.98. The van der Waals surface area contributed by atoms with E-state index in [4.69, 9.17) is 9.47 Å². The lowest BCUT2D eigenvalue weighted by atomic mass is 10.1. The Kier molecular flexibility index (Phi) is 7.59. The number of hydrogen-bond donors (Lipinski definition) is 1. The molecule has 1 aromatic carbocycles. The molecule has 1 unspecified atom stereocenters. The fraction of sp³-hybridized carbons (Fsp3) is 0.625. The third-order valence-corrected chi connectivity index (χ3v) is 2.98. The molecule has 0 saturated carbocycles. The van der Waals surface area contributed by atoms with Gasteiger partial charge in [0.15, 0.2) is 0 Å². The Hall–Kier alpha value is -1.10. The van der Waals surface area contributed by atoms with Crippen molar-refractivity contribution in [3.05, 3.63) is 29.8 Å². The molecule has 1 N–H and O–H groups in total. The number of ether oxygens (including phenoxy) is 2. The normalized spacial score (nSPS) is 12.9. The summed E-state index contributed by atoms with van der Waals surface area (Å²) in [5.74, 6) is 0.835. The Balaban J connectivity index is 2.39. The van der Waals surface area contributed by atoms with Crippen LogP contribution >= 0.6 is 0 Å². The molecule has 20 heavy (non-hydrogen) atoms. The number of likely N-dealkylation sites (N-methyl/N-ethyl adjacent to an activating group) is 1. The molecule has 1 aromatic rings. The fourth-order valence-electron chi connectivity index (χ4n) is 1.89. The van der Waals surface area contributed by atoms with Crippen LogP contribution in [-0.2, 0) is 4.74 Å². The topological polar surface area (TPSA) is 41.9 Å². The molecule has 4 heteroatoms. The summed E-state index contributed by atoms with van der Waals surface area (Å²) in [6.07, 6.45) is -0.242. The molecule has 0 spiro atoms. The van der Waals surface area contributed by atoms with Gasteiger partial charge < -0.3 is 19.5 Å². The van der Waals surface area contributed by atoms with E-state index in [1.807, 2.05) is 52.1 Å². The second-order valence-corrected chi connectivity index (χ2v) is 5.20. The predicted octanol–water partition coefficient (Wildman–Crippen LogP) is 2.48. The van der Waals surface area contributed by atoms with E-state index in [0.29, 0.717) is 19.8 Å². The maximum absolute atomic E-state index is 10.2. The quantitative estimate of drug-likeness (QED) is 0.755. The zero-order valence-electron chi connectivity index (χ0n) is 13.0. The molecule has 0 amide bonds. The lowest BCUT2D eigenvalue weighted by molar-refractivity contribution is 0.0519. The summed E-state index contributed by atoms with van der Waals surface area (Å²) in [4.78, 5) is 2.07. The molecule has 1 atom stereocenters. The molecule has 0 aliphatic carbocycles. The highest BCUT2D eigenvalue weighted by molar-refractivity contribution is 5.28. The van der Waals surface area contributed by atoms with Crippen molar-refractivity contribution in [3.8, 4) is 5.75 Å². The number of rotatable bonds is 9. The van der Waals surface area contributed by atoms with Crippen molar-refractivity contribution >= 4 is 0 Å². The van der Waals surface area contributed by atoms with Crippen LogP contribution in [0.4, 0.5) is 0 Å². The minimum atomic E-state index is -0.491. The summed E-state index contributed by atoms with van der Waals surface area (Å²) < 4.78 is 10.9. The van der Waals surface area contributed by atoms with Crippen molar-refractivity contribution in [2.75, 3.05) is 33.4 Å². The van der Waals surface area contributed by atoms with Crippen LogP contribution in [0.25, 0.3) is 0 Å². The van der Waals surface area contributed by atoms with Gasteiger partial charge in [-0.3, -0.25) is 0 Å². The largest absolute Gasteiger partial charge is 0.494 e. The summed E-state index contributed by atoms with van der Waals surface area (Å²) >= 11 is 0. The van der Waals surface area contributed by atoms with E-state index in [1.165, 1.54) is 0 Å². The monoisotopic (exact) mass is 281 g/mol. The van der Waals surface area contributed by atoms with E-state index >= 15 is 0 Å². The summed E-state index contributed by atoms with van der Waals surface area (Å²) in [5.41, 5.74) is 0.907. The van der Waals surface area contributed by atoms with Crippen molar-refractivity contribution in [3.63, 3.8) is 0 Å². The van der Waals surface area contributed by atoms with Gasteiger partial charge in [0.25, 0.3) is 0 Å². The Labute approximate surface area is 122 Å². The summed E-state index contributed by atoms with van der Waals surface area (Å²) in [5, 5.41) is 10.2. The Bertz CT molecular complexity index is 364. The SMILES string of the molecule is CCOc1ccc(C(O)CN(C)CCOC(C)C)cc1. The first kappa shape index (κ1) is 17.0. The smallest absolute Gasteiger partial charge is 0.119 e. The van der Waals surface area contributed by atoms with Gasteiger partial charge in [0.05, 0.1) is 25.4 Å². The summed E-state index contributed by atoms with van der Waals surface area (Å²) in [7, 11) is 1.99. The minimum Gasteiger partial charge on any atom is -0.494 e. The van der Waals surface area contributed by atoms with E-state index in [9.17, 15) is 5.11 Å². The molecular formula is C16H27NO3. The standard InChI is InChI=1S/C16H27NO3/c1-5-19-15-8-6-14(7-9-15)16(18)12-17(4)10-11-20-13(2)3/h6-9,13,16,18H,5,10-12H2,1-4H3. The summed E-state index contributed by atoms with van der Waals surface area (Å²) in [6.45, 7) is 8.74. The first-order valence-corrected chi connectivity index (χ1v) is 7.24. The Morgan fingerprint density at radius 2 is 1.85 bits per heavy atom. The lowest BCUT2D eigenvalue weighted by Crippen LogP contribution is -2.28. The third kappa shape index (κ3) is 6.37. The Morgan fingerprint density at radius 1 is 1.20 bits per heavy atom. The highest BCUT2D eigenvalue weighted by Crippen LogP contribution is 2.18. The number of aliphatic hydroxyl groups excluding tert-OH is 1. The van der Waals surface area contributed by atoms with Crippen molar-refractivity contribution in [2.24, 2.45) is 0 Å². The number of hydrogen-bond acceptors (Lipinski definition) is 4. The molecule has 0 aliphatic rings. The van der Waals surface area contributed by atoms with Crippen LogP contribution in [0.15, 0.2) is 24.3 Å². The Morgan fingerprint density at radius 3 is 2.40 bits per heavy atom. The fourth-order valence-corrected chi connectivity index (χ4v) is 1.89. The molecule has 0 fully saturated rings. The van der Waals surface area contributed by atoms with E-state index in [0.717, 1.165) is 17.9 Å². The van der Waals surface area contributed by atoms with Crippen molar-refractivity contribution in [1.29, 1.82) is 0 Å². The van der Waals surface area contributed by atoms with Crippen LogP contribution in [-0.4, -0.2) is 49.5 Å². The highest BCUT2D eigenvalue weighted by atomic mass is 16.5. The molecular weight excluding hydrogens is 254 g/mol. The molecule has 0 bridgehead atoms. The van der Waals surface area contributed by atoms with Crippen LogP contribution in [0.2, 0.25) is 0 Å². The van der Waals surface area contributed by atoms with Crippen LogP contribution in [0.3, 0.4) is 0 Å². The molecule has 0 heterocycles. The molecule has 0 radical (unpaired) electrons. The van der Waals surface area contributed by atoms with Gasteiger partial charge in [-0.1, -0.05) is 12.1 Å².